The summed E-state index contributed by atoms with van der Waals surface area (Å²) in [5, 5.41) is 17.0. The number of aliphatic hydroxyl groups is 1. The van der Waals surface area contributed by atoms with Crippen LogP contribution in [0.2, 0.25) is 5.02 Å². The second kappa shape index (κ2) is 7.48. The second-order valence-electron chi connectivity index (χ2n) is 5.55. The van der Waals surface area contributed by atoms with E-state index in [0.717, 1.165) is 11.3 Å². The molecule has 2 aromatic rings. The average molecular weight is 337 g/mol. The predicted octanol–water partition coefficient (Wildman–Crippen LogP) is 3.07. The fraction of sp³-hybridized carbons (Fsp3) is 0.375. The van der Waals surface area contributed by atoms with Gasteiger partial charge in [-0.05, 0) is 32.4 Å². The van der Waals surface area contributed by atoms with Crippen molar-refractivity contribution in [1.29, 1.82) is 0 Å². The molecule has 6 nitrogen and oxygen atoms in total. The molecule has 0 saturated heterocycles. The van der Waals surface area contributed by atoms with Crippen molar-refractivity contribution in [3.63, 3.8) is 0 Å². The molecule has 0 aliphatic rings. The first-order chi connectivity index (χ1) is 10.9. The van der Waals surface area contributed by atoms with Gasteiger partial charge in [-0.2, -0.15) is 0 Å². The lowest BCUT2D eigenvalue weighted by Gasteiger charge is -2.18. The van der Waals surface area contributed by atoms with Gasteiger partial charge in [-0.25, -0.2) is 9.48 Å². The van der Waals surface area contributed by atoms with Crippen LogP contribution in [0.3, 0.4) is 0 Å². The molecule has 0 spiro atoms. The number of aryl methyl sites for hydroxylation is 1. The van der Waals surface area contributed by atoms with Crippen LogP contribution in [-0.4, -0.2) is 45.5 Å². The van der Waals surface area contributed by atoms with Gasteiger partial charge in [0.15, 0.2) is 5.82 Å². The molecule has 2 amide bonds. The molecule has 0 radical (unpaired) electrons. The fourth-order valence-electron chi connectivity index (χ4n) is 2.02. The lowest BCUT2D eigenvalue weighted by Crippen LogP contribution is -2.33. The normalized spacial score (nSPS) is 12.0. The van der Waals surface area contributed by atoms with Crippen LogP contribution in [0.4, 0.5) is 10.6 Å². The molecule has 1 atom stereocenters. The Kier molecular flexibility index (Phi) is 5.63. The molecular weight excluding hydrogens is 316 g/mol. The van der Waals surface area contributed by atoms with Crippen molar-refractivity contribution in [3.8, 4) is 5.69 Å². The van der Waals surface area contributed by atoms with Crippen molar-refractivity contribution >= 4 is 23.4 Å². The van der Waals surface area contributed by atoms with Crippen molar-refractivity contribution in [1.82, 2.24) is 14.7 Å². The number of nitrogens with one attached hydrogen (secondary N) is 1. The number of aliphatic hydroxyl groups excluding tert-OH is 1. The maximum absolute atomic E-state index is 12.1. The Hall–Kier alpha value is -2.05. The monoisotopic (exact) mass is 336 g/mol. The smallest absolute Gasteiger partial charge is 0.322 e. The van der Waals surface area contributed by atoms with Gasteiger partial charge in [0.2, 0.25) is 0 Å². The molecular formula is C16H21ClN4O2. The van der Waals surface area contributed by atoms with Gasteiger partial charge in [0, 0.05) is 25.4 Å². The summed E-state index contributed by atoms with van der Waals surface area (Å²) in [6, 6.07) is 7.10. The van der Waals surface area contributed by atoms with Gasteiger partial charge in [-0.1, -0.05) is 23.7 Å². The van der Waals surface area contributed by atoms with E-state index in [2.05, 4.69) is 10.4 Å². The number of hydrogen-bond acceptors (Lipinski definition) is 3. The molecule has 0 aliphatic carbocycles. The minimum Gasteiger partial charge on any atom is -0.393 e. The molecule has 0 aliphatic heterocycles. The Labute approximate surface area is 140 Å². The standard InChI is InChI=1S/C16H21ClN4O2/c1-11-10-21(14-7-5-4-6-13(14)17)19-15(11)18-16(23)20(3)9-8-12(2)22/h4-7,10,12,22H,8-9H2,1-3H3,(H,18,19,23). The van der Waals surface area contributed by atoms with E-state index in [1.54, 1.807) is 24.7 Å². The van der Waals surface area contributed by atoms with E-state index in [-0.39, 0.29) is 6.03 Å². The molecule has 23 heavy (non-hydrogen) atoms. The third kappa shape index (κ3) is 4.46. The highest BCUT2D eigenvalue weighted by Gasteiger charge is 2.14. The minimum absolute atomic E-state index is 0.266. The predicted molar refractivity (Wildman–Crippen MR) is 91.3 cm³/mol. The van der Waals surface area contributed by atoms with Crippen molar-refractivity contribution in [3.05, 3.63) is 41.0 Å². The number of para-hydroxylation sites is 1. The van der Waals surface area contributed by atoms with Gasteiger partial charge in [-0.3, -0.25) is 5.32 Å². The fourth-order valence-corrected chi connectivity index (χ4v) is 2.25. The molecule has 0 fully saturated rings. The number of carbonyl (C=O) groups excluding carboxylic acids is 1. The van der Waals surface area contributed by atoms with Crippen molar-refractivity contribution in [2.45, 2.75) is 26.4 Å². The molecule has 1 aromatic heterocycles. The number of rotatable bonds is 5. The Morgan fingerprint density at radius 1 is 1.48 bits per heavy atom. The van der Waals surface area contributed by atoms with Crippen LogP contribution in [0.1, 0.15) is 18.9 Å². The maximum atomic E-state index is 12.1. The van der Waals surface area contributed by atoms with Crippen molar-refractivity contribution in [2.75, 3.05) is 18.9 Å². The van der Waals surface area contributed by atoms with Gasteiger partial charge in [0.1, 0.15) is 0 Å². The number of anilines is 1. The second-order valence-corrected chi connectivity index (χ2v) is 5.95. The summed E-state index contributed by atoms with van der Waals surface area (Å²) in [5.41, 5.74) is 1.59. The van der Waals surface area contributed by atoms with Gasteiger partial charge in [-0.15, -0.1) is 5.10 Å². The third-order valence-corrected chi connectivity index (χ3v) is 3.77. The number of benzene rings is 1. The molecule has 2 N–H and O–H groups in total. The van der Waals surface area contributed by atoms with E-state index >= 15 is 0 Å². The number of amides is 2. The largest absolute Gasteiger partial charge is 0.393 e. The van der Waals surface area contributed by atoms with Crippen LogP contribution in [0.5, 0.6) is 0 Å². The zero-order chi connectivity index (χ0) is 17.0. The number of carbonyl (C=O) groups is 1. The number of aromatic nitrogens is 2. The molecule has 1 heterocycles. The molecule has 124 valence electrons. The van der Waals surface area contributed by atoms with Crippen LogP contribution in [0, 0.1) is 6.92 Å². The van der Waals surface area contributed by atoms with Crippen LogP contribution < -0.4 is 5.32 Å². The molecule has 1 unspecified atom stereocenters. The first-order valence-electron chi connectivity index (χ1n) is 7.40. The summed E-state index contributed by atoms with van der Waals surface area (Å²) in [7, 11) is 1.68. The van der Waals surface area contributed by atoms with E-state index in [4.69, 9.17) is 11.6 Å². The number of nitrogens with zero attached hydrogens (tertiary/aromatic N) is 3. The Morgan fingerprint density at radius 2 is 2.17 bits per heavy atom. The summed E-state index contributed by atoms with van der Waals surface area (Å²) in [6.45, 7) is 4.03. The Morgan fingerprint density at radius 3 is 2.83 bits per heavy atom. The SMILES string of the molecule is Cc1cn(-c2ccccc2Cl)nc1NC(=O)N(C)CCC(C)O. The Balaban J connectivity index is 2.10. The highest BCUT2D eigenvalue weighted by molar-refractivity contribution is 6.32. The maximum Gasteiger partial charge on any atom is 0.322 e. The van der Waals surface area contributed by atoms with Gasteiger partial charge in [0.25, 0.3) is 0 Å². The summed E-state index contributed by atoms with van der Waals surface area (Å²) < 4.78 is 1.64. The van der Waals surface area contributed by atoms with E-state index in [1.165, 1.54) is 4.90 Å². The third-order valence-electron chi connectivity index (χ3n) is 3.45. The molecule has 1 aromatic carbocycles. The topological polar surface area (TPSA) is 70.4 Å². The van der Waals surface area contributed by atoms with Crippen LogP contribution >= 0.6 is 11.6 Å². The highest BCUT2D eigenvalue weighted by Crippen LogP contribution is 2.22. The lowest BCUT2D eigenvalue weighted by molar-refractivity contribution is 0.167. The van der Waals surface area contributed by atoms with Crippen LogP contribution in [-0.2, 0) is 0 Å². The molecule has 0 bridgehead atoms. The average Bonchev–Trinajstić information content (AvgIpc) is 2.86. The zero-order valence-corrected chi connectivity index (χ0v) is 14.2. The van der Waals surface area contributed by atoms with E-state index in [1.807, 2.05) is 31.3 Å². The van der Waals surface area contributed by atoms with Gasteiger partial charge < -0.3 is 10.0 Å². The molecule has 7 heteroatoms. The molecule has 0 saturated carbocycles. The summed E-state index contributed by atoms with van der Waals surface area (Å²) in [4.78, 5) is 13.7. The Bertz CT molecular complexity index is 684. The minimum atomic E-state index is -0.439. The van der Waals surface area contributed by atoms with Crippen molar-refractivity contribution in [2.24, 2.45) is 0 Å². The summed E-state index contributed by atoms with van der Waals surface area (Å²) in [5.74, 6) is 0.485. The zero-order valence-electron chi connectivity index (χ0n) is 13.5. The number of halogens is 1. The lowest BCUT2D eigenvalue weighted by atomic mass is 10.3. The van der Waals surface area contributed by atoms with E-state index in [9.17, 15) is 9.90 Å². The van der Waals surface area contributed by atoms with Gasteiger partial charge >= 0.3 is 6.03 Å². The van der Waals surface area contributed by atoms with Crippen LogP contribution in [0.15, 0.2) is 30.5 Å². The number of urea groups is 1. The highest BCUT2D eigenvalue weighted by atomic mass is 35.5. The van der Waals surface area contributed by atoms with Gasteiger partial charge in [0.05, 0.1) is 16.8 Å². The van der Waals surface area contributed by atoms with E-state index in [0.29, 0.717) is 23.8 Å². The first kappa shape index (κ1) is 17.3. The summed E-state index contributed by atoms with van der Waals surface area (Å²) in [6.07, 6.45) is 1.90. The number of hydrogen-bond donors (Lipinski definition) is 2. The molecule has 2 rings (SSSR count). The first-order valence-corrected chi connectivity index (χ1v) is 7.77. The van der Waals surface area contributed by atoms with Crippen LogP contribution in [0.25, 0.3) is 5.69 Å². The van der Waals surface area contributed by atoms with Crippen molar-refractivity contribution < 1.29 is 9.90 Å². The quantitative estimate of drug-likeness (QED) is 0.881. The summed E-state index contributed by atoms with van der Waals surface area (Å²) >= 11 is 6.17. The van der Waals surface area contributed by atoms with E-state index < -0.39 is 6.10 Å².